The third-order valence-electron chi connectivity index (χ3n) is 16.1. The van der Waals surface area contributed by atoms with Crippen LogP contribution < -0.4 is 5.32 Å². The highest BCUT2D eigenvalue weighted by Gasteiger charge is 2.28. The standard InChI is InChI=1S/C79H141N2O6P/c1-6-8-10-12-14-16-18-20-22-24-26-28-30-32-34-36-37-38-39-40-41-42-43-45-47-49-51-53-55-57-59-61-63-65-67-69-71-73-79(83)80-77(76-87-88(84,85)86-75-74-81(3,4)5)78(82)72-70-68-66-64-62-60-58-56-54-52-50-48-46-44-35-33-31-29-27-25-23-21-19-17-15-13-11-9-7-2/h8,10,14,16,20,22,26,28,32,34,37-38,40-41,54,56,62,64,70,72,77-78,82H,6-7,9,11-13,15,17-19,21,23-25,27,29-31,33,35-36,39,42-53,55,57-61,63,65-69,71,73-76H2,1-5H3,(H-,80,83,84,85)/p+1/b10-8-,16-14-,22-20-,28-26-,34-32-,38-37-,41-40-,56-54+,64-62+,72-70+. The minimum Gasteiger partial charge on any atom is -0.387 e. The molecule has 0 aromatic carbocycles. The Morgan fingerprint density at radius 1 is 0.398 bits per heavy atom. The minimum atomic E-state index is -4.37. The lowest BCUT2D eigenvalue weighted by Crippen LogP contribution is -2.45. The van der Waals surface area contributed by atoms with E-state index in [9.17, 15) is 19.4 Å². The number of quaternary nitrogens is 1. The van der Waals surface area contributed by atoms with Crippen molar-refractivity contribution in [3.8, 4) is 0 Å². The fourth-order valence-corrected chi connectivity index (χ4v) is 11.2. The highest BCUT2D eigenvalue weighted by molar-refractivity contribution is 7.47. The molecule has 3 N–H and O–H groups in total. The van der Waals surface area contributed by atoms with Crippen LogP contribution in [0.25, 0.3) is 0 Å². The largest absolute Gasteiger partial charge is 0.472 e. The number of aliphatic hydroxyl groups excluding tert-OH is 1. The highest BCUT2D eigenvalue weighted by Crippen LogP contribution is 2.43. The number of hydrogen-bond donors (Lipinski definition) is 3. The first-order chi connectivity index (χ1) is 43.0. The van der Waals surface area contributed by atoms with E-state index in [0.29, 0.717) is 17.4 Å². The molecule has 8 nitrogen and oxygen atoms in total. The molecule has 0 rings (SSSR count). The molecule has 9 heteroatoms. The van der Waals surface area contributed by atoms with E-state index < -0.39 is 20.0 Å². The summed E-state index contributed by atoms with van der Waals surface area (Å²) in [6.45, 7) is 4.70. The predicted octanol–water partition coefficient (Wildman–Crippen LogP) is 24.0. The van der Waals surface area contributed by atoms with Crippen LogP contribution >= 0.6 is 7.82 Å². The van der Waals surface area contributed by atoms with Crippen molar-refractivity contribution in [2.75, 3.05) is 40.9 Å². The van der Waals surface area contributed by atoms with Crippen LogP contribution in [0.1, 0.15) is 322 Å². The van der Waals surface area contributed by atoms with E-state index in [1.807, 2.05) is 27.2 Å². The summed E-state index contributed by atoms with van der Waals surface area (Å²) in [7, 11) is 1.54. The summed E-state index contributed by atoms with van der Waals surface area (Å²) in [6.07, 6.45) is 102. The van der Waals surface area contributed by atoms with Crippen molar-refractivity contribution in [3.63, 3.8) is 0 Å². The molecule has 0 fully saturated rings. The summed E-state index contributed by atoms with van der Waals surface area (Å²) >= 11 is 0. The van der Waals surface area contributed by atoms with E-state index in [4.69, 9.17) is 9.05 Å². The number of phosphoric ester groups is 1. The van der Waals surface area contributed by atoms with E-state index in [0.717, 1.165) is 89.9 Å². The predicted molar refractivity (Wildman–Crippen MR) is 387 cm³/mol. The summed E-state index contributed by atoms with van der Waals surface area (Å²) < 4.78 is 23.8. The number of carbonyl (C=O) groups is 1. The molecular formula is C79H142N2O6P+. The van der Waals surface area contributed by atoms with Crippen molar-refractivity contribution in [1.29, 1.82) is 0 Å². The fraction of sp³-hybridized carbons (Fsp3) is 0.734. The van der Waals surface area contributed by atoms with Gasteiger partial charge in [0.1, 0.15) is 13.2 Å². The van der Waals surface area contributed by atoms with Crippen molar-refractivity contribution < 1.29 is 32.9 Å². The SMILES string of the molecule is CC/C=C\C/C=C\C/C=C\C/C=C\C/C=C\C/C=C\C/C=C\CCCCCCCCCCCCCCCCCC(=O)NC(COP(=O)(O)OCC[N+](C)(C)C)C(O)/C=C/CC/C=C/CC/C=C/CCCCCCCCCCCCCCCCCCCCC. The number of hydrogen-bond acceptors (Lipinski definition) is 5. The summed E-state index contributed by atoms with van der Waals surface area (Å²) in [6, 6.07) is -0.879. The normalized spacial score (nSPS) is 14.3. The van der Waals surface area contributed by atoms with Gasteiger partial charge in [-0.3, -0.25) is 13.8 Å². The summed E-state index contributed by atoms with van der Waals surface area (Å²) in [5, 5.41) is 14.0. The second-order valence-corrected chi connectivity index (χ2v) is 27.4. The Morgan fingerprint density at radius 2 is 0.693 bits per heavy atom. The molecule has 1 amide bonds. The first-order valence-corrected chi connectivity index (χ1v) is 38.4. The lowest BCUT2D eigenvalue weighted by atomic mass is 10.0. The second kappa shape index (κ2) is 68.3. The van der Waals surface area contributed by atoms with Gasteiger partial charge in [-0.2, -0.15) is 0 Å². The summed E-state index contributed by atoms with van der Waals surface area (Å²) in [5.41, 5.74) is 0. The number of amides is 1. The Balaban J connectivity index is 4.11. The Morgan fingerprint density at radius 3 is 1.05 bits per heavy atom. The van der Waals surface area contributed by atoms with Crippen molar-refractivity contribution in [1.82, 2.24) is 5.32 Å². The van der Waals surface area contributed by atoms with Crippen molar-refractivity contribution in [2.24, 2.45) is 0 Å². The maximum Gasteiger partial charge on any atom is 0.472 e. The molecular weight excluding hydrogens is 1100 g/mol. The number of phosphoric acid groups is 1. The van der Waals surface area contributed by atoms with Crippen LogP contribution in [0.3, 0.4) is 0 Å². The molecule has 508 valence electrons. The third-order valence-corrected chi connectivity index (χ3v) is 17.1. The average Bonchev–Trinajstić information content (AvgIpc) is 3.70. The first-order valence-electron chi connectivity index (χ1n) is 36.9. The zero-order chi connectivity index (χ0) is 64.1. The molecule has 0 saturated heterocycles. The first kappa shape index (κ1) is 84.9. The molecule has 88 heavy (non-hydrogen) atoms. The van der Waals surface area contributed by atoms with E-state index >= 15 is 0 Å². The lowest BCUT2D eigenvalue weighted by Gasteiger charge is -2.25. The number of nitrogens with zero attached hydrogens (tertiary/aromatic N) is 1. The van der Waals surface area contributed by atoms with Crippen molar-refractivity contribution in [2.45, 2.75) is 334 Å². The number of carbonyl (C=O) groups excluding carboxylic acids is 1. The van der Waals surface area contributed by atoms with E-state index in [1.54, 1.807) is 6.08 Å². The Bertz CT molecular complexity index is 1850. The molecule has 3 atom stereocenters. The van der Waals surface area contributed by atoms with Crippen LogP contribution in [0.2, 0.25) is 0 Å². The summed E-state index contributed by atoms with van der Waals surface area (Å²) in [4.78, 5) is 23.4. The Labute approximate surface area is 545 Å². The van der Waals surface area contributed by atoms with Gasteiger partial charge in [0.2, 0.25) is 5.91 Å². The quantitative estimate of drug-likeness (QED) is 0.0243. The van der Waals surface area contributed by atoms with E-state index in [-0.39, 0.29) is 19.1 Å². The zero-order valence-corrected chi connectivity index (χ0v) is 59.1. The molecule has 0 aromatic rings. The van der Waals surface area contributed by atoms with Crippen molar-refractivity contribution >= 4 is 13.7 Å². The van der Waals surface area contributed by atoms with E-state index in [2.05, 4.69) is 129 Å². The second-order valence-electron chi connectivity index (χ2n) is 25.9. The molecule has 0 aliphatic rings. The molecule has 0 saturated carbocycles. The molecule has 0 radical (unpaired) electrons. The molecule has 0 bridgehead atoms. The van der Waals surface area contributed by atoms with Gasteiger partial charge in [0, 0.05) is 6.42 Å². The number of aliphatic hydroxyl groups is 1. The molecule has 0 heterocycles. The van der Waals surface area contributed by atoms with Crippen LogP contribution in [0.4, 0.5) is 0 Å². The molecule has 0 aliphatic carbocycles. The highest BCUT2D eigenvalue weighted by atomic mass is 31.2. The van der Waals surface area contributed by atoms with Gasteiger partial charge in [-0.1, -0.05) is 334 Å². The van der Waals surface area contributed by atoms with E-state index in [1.165, 1.54) is 212 Å². The Hall–Kier alpha value is -3.10. The van der Waals surface area contributed by atoms with Crippen LogP contribution in [-0.4, -0.2) is 73.4 Å². The van der Waals surface area contributed by atoms with Crippen LogP contribution in [-0.2, 0) is 18.4 Å². The van der Waals surface area contributed by atoms with Gasteiger partial charge in [0.25, 0.3) is 0 Å². The monoisotopic (exact) mass is 1250 g/mol. The van der Waals surface area contributed by atoms with Crippen LogP contribution in [0, 0.1) is 0 Å². The number of rotatable bonds is 67. The minimum absolute atomic E-state index is 0.0495. The zero-order valence-electron chi connectivity index (χ0n) is 58.2. The van der Waals surface area contributed by atoms with Gasteiger partial charge in [-0.25, -0.2) is 4.57 Å². The Kier molecular flexibility index (Phi) is 65.9. The van der Waals surface area contributed by atoms with Gasteiger partial charge in [0.05, 0.1) is 39.9 Å². The molecule has 0 aromatic heterocycles. The third kappa shape index (κ3) is 70.4. The van der Waals surface area contributed by atoms with Gasteiger partial charge in [0.15, 0.2) is 0 Å². The van der Waals surface area contributed by atoms with Crippen molar-refractivity contribution in [3.05, 3.63) is 122 Å². The lowest BCUT2D eigenvalue weighted by molar-refractivity contribution is -0.870. The smallest absolute Gasteiger partial charge is 0.387 e. The fourth-order valence-electron chi connectivity index (χ4n) is 10.5. The van der Waals surface area contributed by atoms with Crippen LogP contribution in [0.5, 0.6) is 0 Å². The van der Waals surface area contributed by atoms with Crippen LogP contribution in [0.15, 0.2) is 122 Å². The maximum absolute atomic E-state index is 13.1. The number of allylic oxidation sites excluding steroid dienone is 19. The number of nitrogens with one attached hydrogen (secondary N) is 1. The van der Waals surface area contributed by atoms with Gasteiger partial charge in [-0.15, -0.1) is 0 Å². The average molecular weight is 1250 g/mol. The topological polar surface area (TPSA) is 105 Å². The molecule has 3 unspecified atom stereocenters. The maximum atomic E-state index is 13.1. The van der Waals surface area contributed by atoms with Gasteiger partial charge < -0.3 is 19.8 Å². The number of unbranched alkanes of at least 4 members (excludes halogenated alkanes) is 36. The number of likely N-dealkylation sites (N-methyl/N-ethyl adjacent to an activating group) is 1. The van der Waals surface area contributed by atoms with Gasteiger partial charge in [-0.05, 0) is 103 Å². The summed E-state index contributed by atoms with van der Waals surface area (Å²) in [5.74, 6) is -0.192. The molecule has 0 aliphatic heterocycles. The molecule has 0 spiro atoms. The van der Waals surface area contributed by atoms with Gasteiger partial charge >= 0.3 is 7.82 Å².